The van der Waals surface area contributed by atoms with Gasteiger partial charge in [-0.05, 0) is 5.56 Å². The molecule has 1 heterocycles. The predicted octanol–water partition coefficient (Wildman–Crippen LogP) is 1.10. The number of nitrogens with zero attached hydrogens (tertiary/aromatic N) is 2. The lowest BCUT2D eigenvalue weighted by Crippen LogP contribution is -2.27. The summed E-state index contributed by atoms with van der Waals surface area (Å²) in [5.41, 5.74) is 1.21. The quantitative estimate of drug-likeness (QED) is 0.665. The molecule has 3 heteroatoms. The molecule has 1 aliphatic heterocycles. The number of aliphatic imine (C=N–C) groups is 1. The van der Waals surface area contributed by atoms with Crippen molar-refractivity contribution in [1.82, 2.24) is 4.90 Å². The first-order valence-corrected chi connectivity index (χ1v) is 4.68. The molecule has 0 saturated carbocycles. The van der Waals surface area contributed by atoms with E-state index < -0.39 is 0 Å². The maximum atomic E-state index is 10.6. The second-order valence-electron chi connectivity index (χ2n) is 3.26. The highest BCUT2D eigenvalue weighted by molar-refractivity contribution is 6.27. The van der Waals surface area contributed by atoms with Gasteiger partial charge in [0, 0.05) is 13.1 Å². The molecule has 0 atom stereocenters. The third-order valence-electron chi connectivity index (χ3n) is 2.29. The summed E-state index contributed by atoms with van der Waals surface area (Å²) in [7, 11) is 0. The second-order valence-corrected chi connectivity index (χ2v) is 3.26. The van der Waals surface area contributed by atoms with Crippen molar-refractivity contribution in [2.24, 2.45) is 4.99 Å². The van der Waals surface area contributed by atoms with Crippen molar-refractivity contribution in [2.75, 3.05) is 13.1 Å². The van der Waals surface area contributed by atoms with E-state index in [1.165, 1.54) is 5.56 Å². The lowest BCUT2D eigenvalue weighted by molar-refractivity contribution is -0.103. The number of hydrogen-bond donors (Lipinski definition) is 0. The minimum Gasteiger partial charge on any atom is -0.348 e. The van der Waals surface area contributed by atoms with Gasteiger partial charge in [-0.3, -0.25) is 9.79 Å². The van der Waals surface area contributed by atoms with Crippen molar-refractivity contribution in [1.29, 1.82) is 0 Å². The van der Waals surface area contributed by atoms with Crippen LogP contribution in [0, 0.1) is 0 Å². The predicted molar refractivity (Wildman–Crippen MR) is 55.2 cm³/mol. The van der Waals surface area contributed by atoms with Gasteiger partial charge in [-0.15, -0.1) is 0 Å². The van der Waals surface area contributed by atoms with E-state index in [2.05, 4.69) is 17.1 Å². The van der Waals surface area contributed by atoms with Crippen LogP contribution in [0.2, 0.25) is 0 Å². The topological polar surface area (TPSA) is 32.7 Å². The molecular formula is C11H12N2O. The Bertz CT molecular complexity index is 346. The number of hydrogen-bond acceptors (Lipinski definition) is 3. The van der Waals surface area contributed by atoms with Gasteiger partial charge >= 0.3 is 0 Å². The first-order chi connectivity index (χ1) is 6.90. The van der Waals surface area contributed by atoms with Gasteiger partial charge in [-0.2, -0.15) is 0 Å². The van der Waals surface area contributed by atoms with E-state index >= 15 is 0 Å². The summed E-state index contributed by atoms with van der Waals surface area (Å²) in [6.45, 7) is 2.36. The smallest absolute Gasteiger partial charge is 0.184 e. The summed E-state index contributed by atoms with van der Waals surface area (Å²) in [5.74, 6) is 0.578. The van der Waals surface area contributed by atoms with E-state index in [0.717, 1.165) is 25.9 Å². The summed E-state index contributed by atoms with van der Waals surface area (Å²) in [5, 5.41) is 0. The van der Waals surface area contributed by atoms with Crippen molar-refractivity contribution in [3.05, 3.63) is 35.9 Å². The van der Waals surface area contributed by atoms with Crippen molar-refractivity contribution >= 4 is 12.1 Å². The van der Waals surface area contributed by atoms with Gasteiger partial charge in [0.05, 0.1) is 6.54 Å². The standard InChI is InChI=1S/C11H12N2O/c14-9-11-12-6-7-13(11)8-10-4-2-1-3-5-10/h1-5,9H,6-8H2. The van der Waals surface area contributed by atoms with Gasteiger partial charge in [-0.25, -0.2) is 0 Å². The molecule has 72 valence electrons. The fraction of sp³-hybridized carbons (Fsp3) is 0.273. The molecule has 0 amide bonds. The Morgan fingerprint density at radius 2 is 2.14 bits per heavy atom. The Labute approximate surface area is 83.1 Å². The molecule has 0 bridgehead atoms. The maximum absolute atomic E-state index is 10.6. The molecule has 0 N–H and O–H groups in total. The van der Waals surface area contributed by atoms with Crippen LogP contribution in [0.25, 0.3) is 0 Å². The molecule has 0 aromatic heterocycles. The molecule has 1 aromatic rings. The average molecular weight is 188 g/mol. The van der Waals surface area contributed by atoms with Gasteiger partial charge in [-0.1, -0.05) is 30.3 Å². The van der Waals surface area contributed by atoms with Crippen molar-refractivity contribution < 1.29 is 4.79 Å². The Hall–Kier alpha value is -1.64. The van der Waals surface area contributed by atoms with Crippen LogP contribution in [0.15, 0.2) is 35.3 Å². The fourth-order valence-electron chi connectivity index (χ4n) is 1.58. The third kappa shape index (κ3) is 1.82. The normalized spacial score (nSPS) is 15.4. The van der Waals surface area contributed by atoms with Crippen LogP contribution in [0.5, 0.6) is 0 Å². The van der Waals surface area contributed by atoms with E-state index in [1.54, 1.807) is 0 Å². The highest BCUT2D eigenvalue weighted by Crippen LogP contribution is 2.07. The first-order valence-electron chi connectivity index (χ1n) is 4.68. The number of amidine groups is 1. The van der Waals surface area contributed by atoms with Gasteiger partial charge < -0.3 is 4.90 Å². The van der Waals surface area contributed by atoms with Crippen molar-refractivity contribution in [2.45, 2.75) is 6.54 Å². The molecule has 0 radical (unpaired) electrons. The average Bonchev–Trinajstić information content (AvgIpc) is 2.67. The zero-order chi connectivity index (χ0) is 9.80. The van der Waals surface area contributed by atoms with E-state index in [-0.39, 0.29) is 0 Å². The van der Waals surface area contributed by atoms with Gasteiger partial charge in [0.25, 0.3) is 0 Å². The zero-order valence-electron chi connectivity index (χ0n) is 7.89. The van der Waals surface area contributed by atoms with Gasteiger partial charge in [0.1, 0.15) is 0 Å². The number of aldehydes is 1. The lowest BCUT2D eigenvalue weighted by Gasteiger charge is -2.16. The van der Waals surface area contributed by atoms with Crippen LogP contribution in [0.1, 0.15) is 5.56 Å². The summed E-state index contributed by atoms with van der Waals surface area (Å²) in [6.07, 6.45) is 0.829. The summed E-state index contributed by atoms with van der Waals surface area (Å²) in [6, 6.07) is 10.1. The molecule has 1 aromatic carbocycles. The van der Waals surface area contributed by atoms with E-state index in [0.29, 0.717) is 5.84 Å². The summed E-state index contributed by atoms with van der Waals surface area (Å²) < 4.78 is 0. The Morgan fingerprint density at radius 3 is 2.86 bits per heavy atom. The number of carbonyl (C=O) groups is 1. The van der Waals surface area contributed by atoms with Gasteiger partial charge in [0.2, 0.25) is 0 Å². The Kier molecular flexibility index (Phi) is 2.58. The lowest BCUT2D eigenvalue weighted by atomic mass is 10.2. The van der Waals surface area contributed by atoms with Crippen LogP contribution < -0.4 is 0 Å². The van der Waals surface area contributed by atoms with E-state index in [9.17, 15) is 4.79 Å². The number of carbonyl (C=O) groups excluding carboxylic acids is 1. The molecule has 0 fully saturated rings. The van der Waals surface area contributed by atoms with E-state index in [1.807, 2.05) is 23.1 Å². The molecule has 2 rings (SSSR count). The number of rotatable bonds is 3. The molecule has 0 saturated heterocycles. The van der Waals surface area contributed by atoms with Gasteiger partial charge in [0.15, 0.2) is 12.1 Å². The molecule has 3 nitrogen and oxygen atoms in total. The molecule has 0 aliphatic carbocycles. The summed E-state index contributed by atoms with van der Waals surface area (Å²) in [4.78, 5) is 16.7. The van der Waals surface area contributed by atoms with Crippen LogP contribution in [-0.4, -0.2) is 30.1 Å². The van der Waals surface area contributed by atoms with Crippen LogP contribution in [0.4, 0.5) is 0 Å². The largest absolute Gasteiger partial charge is 0.348 e. The second kappa shape index (κ2) is 4.05. The van der Waals surface area contributed by atoms with Crippen LogP contribution in [-0.2, 0) is 11.3 Å². The molecule has 0 unspecified atom stereocenters. The highest BCUT2D eigenvalue weighted by atomic mass is 16.1. The van der Waals surface area contributed by atoms with Crippen LogP contribution in [0.3, 0.4) is 0 Å². The van der Waals surface area contributed by atoms with Crippen molar-refractivity contribution in [3.8, 4) is 0 Å². The van der Waals surface area contributed by atoms with Crippen molar-refractivity contribution in [3.63, 3.8) is 0 Å². The maximum Gasteiger partial charge on any atom is 0.184 e. The minimum atomic E-state index is 0.578. The molecule has 0 spiro atoms. The third-order valence-corrected chi connectivity index (χ3v) is 2.29. The fourth-order valence-corrected chi connectivity index (χ4v) is 1.58. The summed E-state index contributed by atoms with van der Waals surface area (Å²) >= 11 is 0. The Morgan fingerprint density at radius 1 is 1.36 bits per heavy atom. The zero-order valence-corrected chi connectivity index (χ0v) is 7.89. The minimum absolute atomic E-state index is 0.578. The highest BCUT2D eigenvalue weighted by Gasteiger charge is 2.15. The molecular weight excluding hydrogens is 176 g/mol. The van der Waals surface area contributed by atoms with E-state index in [4.69, 9.17) is 0 Å². The number of benzene rings is 1. The Balaban J connectivity index is 2.05. The monoisotopic (exact) mass is 188 g/mol. The molecule has 1 aliphatic rings. The van der Waals surface area contributed by atoms with Crippen LogP contribution >= 0.6 is 0 Å². The first kappa shape index (κ1) is 8.94. The SMILES string of the molecule is O=CC1=NCCN1Cc1ccccc1. The molecule has 14 heavy (non-hydrogen) atoms.